The summed E-state index contributed by atoms with van der Waals surface area (Å²) in [4.78, 5) is 28.2. The number of likely N-dealkylation sites (N-methyl/N-ethyl adjacent to an activating group) is 1. The molecule has 206 valence electrons. The molecule has 4 rings (SSSR count). The summed E-state index contributed by atoms with van der Waals surface area (Å²) in [6, 6.07) is 8.57. The zero-order valence-corrected chi connectivity index (χ0v) is 24.4. The van der Waals surface area contributed by atoms with E-state index < -0.39 is 5.82 Å². The number of anilines is 2. The Morgan fingerprint density at radius 1 is 1.21 bits per heavy atom. The Kier molecular flexibility index (Phi) is 12.0. The number of hydrogen-bond acceptors (Lipinski definition) is 7. The maximum Gasteiger partial charge on any atom is 0.152 e. The first kappa shape index (κ1) is 30.3. The SMILES string of the molecule is CCCc1c(CC)sc2ncnc(Nc3ccc(F)c(Cl)c3)c12.CCN(C/C=C/C(C)=O)Cc1cccnc1. The molecule has 3 heterocycles. The lowest BCUT2D eigenvalue weighted by Gasteiger charge is -2.17. The highest BCUT2D eigenvalue weighted by Gasteiger charge is 2.16. The van der Waals surface area contributed by atoms with Gasteiger partial charge in [0.2, 0.25) is 0 Å². The van der Waals surface area contributed by atoms with Crippen LogP contribution in [0.4, 0.5) is 15.9 Å². The van der Waals surface area contributed by atoms with Crippen molar-refractivity contribution in [2.75, 3.05) is 18.4 Å². The van der Waals surface area contributed by atoms with Gasteiger partial charge < -0.3 is 5.32 Å². The summed E-state index contributed by atoms with van der Waals surface area (Å²) in [6.07, 6.45) is 11.8. The number of allylic oxidation sites excluding steroid dienone is 1. The lowest BCUT2D eigenvalue weighted by Crippen LogP contribution is -2.23. The zero-order valence-electron chi connectivity index (χ0n) is 22.9. The number of carbonyl (C=O) groups is 1. The Morgan fingerprint density at radius 2 is 2.03 bits per heavy atom. The highest BCUT2D eigenvalue weighted by molar-refractivity contribution is 7.18. The molecule has 0 amide bonds. The fourth-order valence-electron chi connectivity index (χ4n) is 4.06. The molecule has 0 bridgehead atoms. The van der Waals surface area contributed by atoms with Gasteiger partial charge in [-0.05, 0) is 67.8 Å². The third-order valence-electron chi connectivity index (χ3n) is 5.97. The number of nitrogens with zero attached hydrogens (tertiary/aromatic N) is 4. The van der Waals surface area contributed by atoms with Crippen LogP contribution in [0.1, 0.15) is 50.1 Å². The maximum atomic E-state index is 13.3. The number of carbonyl (C=O) groups excluding carboxylic acids is 1. The largest absolute Gasteiger partial charge is 0.340 e. The van der Waals surface area contributed by atoms with Crippen molar-refractivity contribution in [1.82, 2.24) is 19.9 Å². The minimum absolute atomic E-state index is 0.0913. The molecule has 0 saturated carbocycles. The van der Waals surface area contributed by atoms with E-state index in [4.69, 9.17) is 11.6 Å². The van der Waals surface area contributed by atoms with Crippen LogP contribution in [0.5, 0.6) is 0 Å². The van der Waals surface area contributed by atoms with E-state index >= 15 is 0 Å². The third-order valence-corrected chi connectivity index (χ3v) is 7.54. The van der Waals surface area contributed by atoms with Crippen LogP contribution in [0.3, 0.4) is 0 Å². The predicted molar refractivity (Wildman–Crippen MR) is 160 cm³/mol. The van der Waals surface area contributed by atoms with E-state index in [1.807, 2.05) is 18.3 Å². The van der Waals surface area contributed by atoms with E-state index in [0.29, 0.717) is 5.69 Å². The van der Waals surface area contributed by atoms with Crippen molar-refractivity contribution in [3.8, 4) is 0 Å². The van der Waals surface area contributed by atoms with Crippen LogP contribution in [0.15, 0.2) is 61.2 Å². The molecular weight excluding hydrogens is 533 g/mol. The normalized spacial score (nSPS) is 11.2. The summed E-state index contributed by atoms with van der Waals surface area (Å²) in [5.41, 5.74) is 3.22. The molecule has 0 radical (unpaired) electrons. The summed E-state index contributed by atoms with van der Waals surface area (Å²) in [5.74, 6) is 0.412. The van der Waals surface area contributed by atoms with Crippen molar-refractivity contribution in [1.29, 1.82) is 0 Å². The summed E-state index contributed by atoms with van der Waals surface area (Å²) >= 11 is 7.58. The highest BCUT2D eigenvalue weighted by atomic mass is 35.5. The van der Waals surface area contributed by atoms with Crippen LogP contribution >= 0.6 is 22.9 Å². The second-order valence-electron chi connectivity index (χ2n) is 8.97. The van der Waals surface area contributed by atoms with Gasteiger partial charge in [-0.3, -0.25) is 14.7 Å². The molecule has 6 nitrogen and oxygen atoms in total. The van der Waals surface area contributed by atoms with Crippen LogP contribution in [0.25, 0.3) is 10.2 Å². The number of aromatic nitrogens is 3. The van der Waals surface area contributed by atoms with Crippen molar-refractivity contribution in [3.05, 3.63) is 88.0 Å². The molecule has 9 heteroatoms. The first-order valence-corrected chi connectivity index (χ1v) is 14.3. The van der Waals surface area contributed by atoms with E-state index in [0.717, 1.165) is 54.9 Å². The quantitative estimate of drug-likeness (QED) is 0.186. The van der Waals surface area contributed by atoms with Gasteiger partial charge in [-0.15, -0.1) is 11.3 Å². The van der Waals surface area contributed by atoms with Crippen LogP contribution in [0, 0.1) is 5.82 Å². The summed E-state index contributed by atoms with van der Waals surface area (Å²) in [6.45, 7) is 10.6. The minimum Gasteiger partial charge on any atom is -0.340 e. The summed E-state index contributed by atoms with van der Waals surface area (Å²) in [5, 5.41) is 4.41. The Balaban J connectivity index is 0.000000231. The van der Waals surface area contributed by atoms with Gasteiger partial charge in [-0.2, -0.15) is 0 Å². The molecule has 39 heavy (non-hydrogen) atoms. The monoisotopic (exact) mass is 567 g/mol. The number of fused-ring (bicyclic) bond motifs is 1. The van der Waals surface area contributed by atoms with Gasteiger partial charge in [0.1, 0.15) is 22.8 Å². The molecule has 0 atom stereocenters. The second kappa shape index (κ2) is 15.4. The number of halogens is 2. The Bertz CT molecular complexity index is 1390. The van der Waals surface area contributed by atoms with Gasteiger partial charge >= 0.3 is 0 Å². The number of rotatable bonds is 11. The highest BCUT2D eigenvalue weighted by Crippen LogP contribution is 2.36. The average Bonchev–Trinajstić information content (AvgIpc) is 3.29. The number of hydrogen-bond donors (Lipinski definition) is 1. The number of aryl methyl sites for hydroxylation is 2. The first-order chi connectivity index (χ1) is 18.9. The Hall–Kier alpha value is -3.20. The summed E-state index contributed by atoms with van der Waals surface area (Å²) < 4.78 is 13.3. The molecule has 0 fully saturated rings. The zero-order chi connectivity index (χ0) is 28.2. The molecule has 0 spiro atoms. The van der Waals surface area contributed by atoms with Crippen molar-refractivity contribution >= 4 is 50.4 Å². The number of ketones is 1. The van der Waals surface area contributed by atoms with Gasteiger partial charge in [0, 0.05) is 36.0 Å². The molecule has 0 aliphatic rings. The minimum atomic E-state index is -0.430. The Morgan fingerprint density at radius 3 is 2.67 bits per heavy atom. The van der Waals surface area contributed by atoms with Crippen LogP contribution < -0.4 is 5.32 Å². The number of pyridine rings is 1. The average molecular weight is 568 g/mol. The lowest BCUT2D eigenvalue weighted by atomic mass is 10.1. The van der Waals surface area contributed by atoms with Crippen LogP contribution in [-0.2, 0) is 24.2 Å². The number of nitrogens with one attached hydrogen (secondary N) is 1. The molecule has 0 aliphatic heterocycles. The van der Waals surface area contributed by atoms with Gasteiger partial charge in [0.25, 0.3) is 0 Å². The van der Waals surface area contributed by atoms with E-state index in [1.165, 1.54) is 22.1 Å². The van der Waals surface area contributed by atoms with E-state index in [2.05, 4.69) is 52.0 Å². The van der Waals surface area contributed by atoms with Crippen molar-refractivity contribution in [2.24, 2.45) is 0 Å². The number of thiophene rings is 1. The molecule has 0 aliphatic carbocycles. The smallest absolute Gasteiger partial charge is 0.152 e. The third kappa shape index (κ3) is 8.92. The van der Waals surface area contributed by atoms with E-state index in [-0.39, 0.29) is 10.8 Å². The van der Waals surface area contributed by atoms with E-state index in [9.17, 15) is 9.18 Å². The van der Waals surface area contributed by atoms with E-state index in [1.54, 1.807) is 49.0 Å². The van der Waals surface area contributed by atoms with Crippen molar-refractivity contribution < 1.29 is 9.18 Å². The topological polar surface area (TPSA) is 71.0 Å². The molecule has 1 N–H and O–H groups in total. The van der Waals surface area contributed by atoms with Crippen LogP contribution in [-0.4, -0.2) is 38.7 Å². The summed E-state index contributed by atoms with van der Waals surface area (Å²) in [7, 11) is 0. The van der Waals surface area contributed by atoms with Crippen molar-refractivity contribution in [2.45, 2.75) is 53.5 Å². The molecule has 0 saturated heterocycles. The van der Waals surface area contributed by atoms with Crippen molar-refractivity contribution in [3.63, 3.8) is 0 Å². The fraction of sp³-hybridized carbons (Fsp3) is 0.333. The second-order valence-corrected chi connectivity index (χ2v) is 10.5. The molecule has 3 aromatic heterocycles. The molecule has 1 aromatic carbocycles. The first-order valence-electron chi connectivity index (χ1n) is 13.1. The van der Waals surface area contributed by atoms with Gasteiger partial charge in [-0.25, -0.2) is 14.4 Å². The Labute approximate surface area is 239 Å². The van der Waals surface area contributed by atoms with Gasteiger partial charge in [0.15, 0.2) is 5.78 Å². The molecule has 0 unspecified atom stereocenters. The predicted octanol–water partition coefficient (Wildman–Crippen LogP) is 7.79. The molecular formula is C30H35ClFN5OS. The van der Waals surface area contributed by atoms with Gasteiger partial charge in [-0.1, -0.05) is 50.9 Å². The lowest BCUT2D eigenvalue weighted by molar-refractivity contribution is -0.112. The maximum absolute atomic E-state index is 13.3. The number of benzene rings is 1. The standard InChI is InChI=1S/C17H17ClFN3S.C13H18N2O/c1-3-5-11-14(4-2)23-17-15(11)16(20-9-21-17)22-10-6-7-13(19)12(18)8-10;1-3-15(9-5-6-12(2)16)11-13-7-4-8-14-10-13/h6-9H,3-5H2,1-2H3,(H,20,21,22);4-8,10H,3,9,11H2,1-2H3/b;6-5+. The fourth-order valence-corrected chi connectivity index (χ4v) is 5.37. The van der Waals surface area contributed by atoms with Crippen LogP contribution in [0.2, 0.25) is 5.02 Å². The van der Waals surface area contributed by atoms with Gasteiger partial charge in [0.05, 0.1) is 10.4 Å². The molecule has 4 aromatic rings.